The zero-order valence-corrected chi connectivity index (χ0v) is 12.3. The molecule has 0 saturated carbocycles. The third kappa shape index (κ3) is 4.49. The molecule has 1 aromatic carbocycles. The Morgan fingerprint density at radius 3 is 1.80 bits per heavy atom. The molecule has 0 fully saturated rings. The summed E-state index contributed by atoms with van der Waals surface area (Å²) in [5.41, 5.74) is -0.192. The van der Waals surface area contributed by atoms with Crippen molar-refractivity contribution in [2.75, 3.05) is 6.54 Å². The SMILES string of the molecule is CC(C)N(CC(O)c1ccc(C(F)(F)F)cc1)C(C)C. The van der Waals surface area contributed by atoms with Gasteiger partial charge in [-0.25, -0.2) is 0 Å². The van der Waals surface area contributed by atoms with E-state index in [-0.39, 0.29) is 12.1 Å². The summed E-state index contributed by atoms with van der Waals surface area (Å²) in [6.07, 6.45) is -5.13. The van der Waals surface area contributed by atoms with Crippen LogP contribution in [0.25, 0.3) is 0 Å². The molecule has 0 amide bonds. The zero-order valence-electron chi connectivity index (χ0n) is 12.3. The van der Waals surface area contributed by atoms with Crippen LogP contribution < -0.4 is 0 Å². The highest BCUT2D eigenvalue weighted by Crippen LogP contribution is 2.30. The number of benzene rings is 1. The summed E-state index contributed by atoms with van der Waals surface area (Å²) in [5.74, 6) is 0. The van der Waals surface area contributed by atoms with Crippen LogP contribution in [-0.4, -0.2) is 28.6 Å². The monoisotopic (exact) mass is 289 g/mol. The predicted octanol–water partition coefficient (Wildman–Crippen LogP) is 3.86. The minimum absolute atomic E-state index is 0.263. The second-order valence-electron chi connectivity index (χ2n) is 5.52. The summed E-state index contributed by atoms with van der Waals surface area (Å²) in [6, 6.07) is 5.22. The first-order valence-corrected chi connectivity index (χ1v) is 6.74. The van der Waals surface area contributed by atoms with E-state index < -0.39 is 17.8 Å². The molecule has 5 heteroatoms. The van der Waals surface area contributed by atoms with Gasteiger partial charge in [0.1, 0.15) is 0 Å². The molecule has 1 unspecified atom stereocenters. The Labute approximate surface area is 118 Å². The number of nitrogens with zero attached hydrogens (tertiary/aromatic N) is 1. The maximum absolute atomic E-state index is 12.5. The highest BCUT2D eigenvalue weighted by atomic mass is 19.4. The van der Waals surface area contributed by atoms with E-state index in [0.29, 0.717) is 12.1 Å². The average molecular weight is 289 g/mol. The normalized spacial score (nSPS) is 14.3. The Morgan fingerprint density at radius 2 is 1.45 bits per heavy atom. The number of hydrogen-bond acceptors (Lipinski definition) is 2. The Balaban J connectivity index is 2.80. The predicted molar refractivity (Wildman–Crippen MR) is 73.4 cm³/mol. The molecule has 1 N–H and O–H groups in total. The van der Waals surface area contributed by atoms with E-state index in [1.807, 2.05) is 27.7 Å². The molecular formula is C15H22F3NO. The van der Waals surface area contributed by atoms with E-state index in [2.05, 4.69) is 4.90 Å². The van der Waals surface area contributed by atoms with Crippen molar-refractivity contribution in [3.05, 3.63) is 35.4 Å². The minimum Gasteiger partial charge on any atom is -0.387 e. The number of rotatable bonds is 5. The van der Waals surface area contributed by atoms with Crippen molar-refractivity contribution in [3.8, 4) is 0 Å². The quantitative estimate of drug-likeness (QED) is 0.889. The van der Waals surface area contributed by atoms with Crippen molar-refractivity contribution in [3.63, 3.8) is 0 Å². The first kappa shape index (κ1) is 17.0. The van der Waals surface area contributed by atoms with Gasteiger partial charge in [0.2, 0.25) is 0 Å². The van der Waals surface area contributed by atoms with Gasteiger partial charge in [-0.05, 0) is 45.4 Å². The molecule has 0 spiro atoms. The maximum atomic E-state index is 12.5. The summed E-state index contributed by atoms with van der Waals surface area (Å²) in [7, 11) is 0. The molecule has 1 rings (SSSR count). The second-order valence-corrected chi connectivity index (χ2v) is 5.52. The van der Waals surface area contributed by atoms with Crippen molar-refractivity contribution in [1.82, 2.24) is 4.90 Å². The first-order chi connectivity index (χ1) is 9.12. The Bertz CT molecular complexity index is 404. The van der Waals surface area contributed by atoms with Crippen LogP contribution in [0, 0.1) is 0 Å². The largest absolute Gasteiger partial charge is 0.416 e. The lowest BCUT2D eigenvalue weighted by molar-refractivity contribution is -0.137. The lowest BCUT2D eigenvalue weighted by Gasteiger charge is -2.32. The Kier molecular flexibility index (Phi) is 5.59. The van der Waals surface area contributed by atoms with Crippen molar-refractivity contribution in [2.24, 2.45) is 0 Å². The topological polar surface area (TPSA) is 23.5 Å². The van der Waals surface area contributed by atoms with Gasteiger partial charge in [-0.1, -0.05) is 12.1 Å². The molecule has 0 aliphatic heterocycles. The smallest absolute Gasteiger partial charge is 0.387 e. The number of hydrogen-bond donors (Lipinski definition) is 1. The van der Waals surface area contributed by atoms with Crippen molar-refractivity contribution in [2.45, 2.75) is 52.1 Å². The highest BCUT2D eigenvalue weighted by molar-refractivity contribution is 5.26. The van der Waals surface area contributed by atoms with Gasteiger partial charge in [-0.3, -0.25) is 4.90 Å². The summed E-state index contributed by atoms with van der Waals surface area (Å²) in [4.78, 5) is 2.10. The fourth-order valence-electron chi connectivity index (χ4n) is 2.22. The molecule has 1 aromatic rings. The van der Waals surface area contributed by atoms with Gasteiger partial charge in [0.05, 0.1) is 11.7 Å². The third-order valence-electron chi connectivity index (χ3n) is 3.33. The fourth-order valence-corrected chi connectivity index (χ4v) is 2.22. The van der Waals surface area contributed by atoms with Gasteiger partial charge >= 0.3 is 6.18 Å². The van der Waals surface area contributed by atoms with Crippen LogP contribution in [0.2, 0.25) is 0 Å². The number of aliphatic hydroxyl groups excluding tert-OH is 1. The Hall–Kier alpha value is -1.07. The van der Waals surface area contributed by atoms with Gasteiger partial charge in [0, 0.05) is 18.6 Å². The lowest BCUT2D eigenvalue weighted by Crippen LogP contribution is -2.39. The summed E-state index contributed by atoms with van der Waals surface area (Å²) in [5, 5.41) is 10.2. The Morgan fingerprint density at radius 1 is 1.00 bits per heavy atom. The second kappa shape index (κ2) is 6.59. The minimum atomic E-state index is -4.34. The zero-order chi connectivity index (χ0) is 15.5. The van der Waals surface area contributed by atoms with Crippen LogP contribution in [0.1, 0.15) is 44.9 Å². The molecule has 0 saturated heterocycles. The van der Waals surface area contributed by atoms with Gasteiger partial charge in [-0.15, -0.1) is 0 Å². The van der Waals surface area contributed by atoms with Crippen LogP contribution in [0.3, 0.4) is 0 Å². The molecule has 1 atom stereocenters. The van der Waals surface area contributed by atoms with Gasteiger partial charge < -0.3 is 5.11 Å². The van der Waals surface area contributed by atoms with Crippen LogP contribution in [0.15, 0.2) is 24.3 Å². The lowest BCUT2D eigenvalue weighted by atomic mass is 10.0. The standard InChI is InChI=1S/C15H22F3NO/c1-10(2)19(11(3)4)9-14(20)12-5-7-13(8-6-12)15(16,17)18/h5-8,10-11,14,20H,9H2,1-4H3. The third-order valence-corrected chi connectivity index (χ3v) is 3.33. The first-order valence-electron chi connectivity index (χ1n) is 6.74. The molecule has 114 valence electrons. The van der Waals surface area contributed by atoms with Gasteiger partial charge in [0.15, 0.2) is 0 Å². The van der Waals surface area contributed by atoms with Crippen LogP contribution in [0.4, 0.5) is 13.2 Å². The molecular weight excluding hydrogens is 267 g/mol. The molecule has 0 aliphatic rings. The number of alkyl halides is 3. The van der Waals surface area contributed by atoms with E-state index in [9.17, 15) is 18.3 Å². The summed E-state index contributed by atoms with van der Waals surface area (Å²) < 4.78 is 37.4. The molecule has 2 nitrogen and oxygen atoms in total. The van der Waals surface area contributed by atoms with E-state index in [1.165, 1.54) is 12.1 Å². The van der Waals surface area contributed by atoms with Gasteiger partial charge in [-0.2, -0.15) is 13.2 Å². The van der Waals surface area contributed by atoms with E-state index in [0.717, 1.165) is 12.1 Å². The number of halogens is 3. The summed E-state index contributed by atoms with van der Waals surface area (Å²) >= 11 is 0. The van der Waals surface area contributed by atoms with E-state index >= 15 is 0 Å². The van der Waals surface area contributed by atoms with Crippen molar-refractivity contribution < 1.29 is 18.3 Å². The molecule has 0 bridgehead atoms. The van der Waals surface area contributed by atoms with Crippen LogP contribution in [-0.2, 0) is 6.18 Å². The molecule has 20 heavy (non-hydrogen) atoms. The van der Waals surface area contributed by atoms with Crippen LogP contribution >= 0.6 is 0 Å². The number of aliphatic hydroxyl groups is 1. The molecule has 0 aliphatic carbocycles. The molecule has 0 heterocycles. The maximum Gasteiger partial charge on any atom is 0.416 e. The van der Waals surface area contributed by atoms with Gasteiger partial charge in [0.25, 0.3) is 0 Å². The van der Waals surface area contributed by atoms with Crippen LogP contribution in [0.5, 0.6) is 0 Å². The average Bonchev–Trinajstić information content (AvgIpc) is 2.34. The molecule has 0 aromatic heterocycles. The summed E-state index contributed by atoms with van der Waals surface area (Å²) in [6.45, 7) is 8.51. The van der Waals surface area contributed by atoms with Crippen molar-refractivity contribution in [1.29, 1.82) is 0 Å². The van der Waals surface area contributed by atoms with E-state index in [4.69, 9.17) is 0 Å². The highest BCUT2D eigenvalue weighted by Gasteiger charge is 2.30. The fraction of sp³-hybridized carbons (Fsp3) is 0.600. The van der Waals surface area contributed by atoms with E-state index in [1.54, 1.807) is 0 Å². The molecule has 0 radical (unpaired) electrons. The van der Waals surface area contributed by atoms with Crippen molar-refractivity contribution >= 4 is 0 Å².